The predicted molar refractivity (Wildman–Crippen MR) is 70.8 cm³/mol. The standard InChI is InChI=1S/C14H20O3S/c15-18(16,14-11-7-4-8-12-14)17-13-9-5-2-1-3-6-10-13/h4,7-8,11-13H,1-3,5-6,9-10H2. The Bertz CT molecular complexity index is 445. The molecule has 0 unspecified atom stereocenters. The highest BCUT2D eigenvalue weighted by molar-refractivity contribution is 7.86. The summed E-state index contributed by atoms with van der Waals surface area (Å²) >= 11 is 0. The highest BCUT2D eigenvalue weighted by atomic mass is 32.2. The lowest BCUT2D eigenvalue weighted by atomic mass is 9.99. The molecular formula is C14H20O3S. The molecule has 0 atom stereocenters. The van der Waals surface area contributed by atoms with Crippen molar-refractivity contribution in [3.63, 3.8) is 0 Å². The van der Waals surface area contributed by atoms with E-state index in [1.807, 2.05) is 0 Å². The third kappa shape index (κ3) is 3.82. The molecular weight excluding hydrogens is 248 g/mol. The van der Waals surface area contributed by atoms with E-state index in [0.717, 1.165) is 25.7 Å². The second kappa shape index (κ2) is 6.34. The van der Waals surface area contributed by atoms with Crippen LogP contribution in [-0.2, 0) is 14.3 Å². The Hall–Kier alpha value is -0.870. The summed E-state index contributed by atoms with van der Waals surface area (Å²) in [4.78, 5) is 0.257. The lowest BCUT2D eigenvalue weighted by Gasteiger charge is -2.19. The minimum absolute atomic E-state index is 0.143. The van der Waals surface area contributed by atoms with Gasteiger partial charge in [0.25, 0.3) is 10.1 Å². The summed E-state index contributed by atoms with van der Waals surface area (Å²) in [6.45, 7) is 0. The van der Waals surface area contributed by atoms with E-state index in [-0.39, 0.29) is 11.0 Å². The van der Waals surface area contributed by atoms with Crippen molar-refractivity contribution < 1.29 is 12.6 Å². The van der Waals surface area contributed by atoms with Crippen molar-refractivity contribution in [3.05, 3.63) is 30.3 Å². The SMILES string of the molecule is O=S(=O)(OC1CCCCCCC1)c1ccccc1. The number of benzene rings is 1. The van der Waals surface area contributed by atoms with Gasteiger partial charge < -0.3 is 0 Å². The molecule has 3 nitrogen and oxygen atoms in total. The van der Waals surface area contributed by atoms with Crippen LogP contribution in [0.3, 0.4) is 0 Å². The van der Waals surface area contributed by atoms with Crippen molar-refractivity contribution in [2.45, 2.75) is 55.9 Å². The summed E-state index contributed by atoms with van der Waals surface area (Å²) in [6.07, 6.45) is 7.33. The van der Waals surface area contributed by atoms with Crippen molar-refractivity contribution in [2.75, 3.05) is 0 Å². The van der Waals surface area contributed by atoms with Gasteiger partial charge >= 0.3 is 0 Å². The Kier molecular flexibility index (Phi) is 4.78. The predicted octanol–water partition coefficient (Wildman–Crippen LogP) is 3.50. The van der Waals surface area contributed by atoms with Crippen LogP contribution in [0.2, 0.25) is 0 Å². The van der Waals surface area contributed by atoms with Crippen LogP contribution in [0, 0.1) is 0 Å². The third-order valence-electron chi connectivity index (χ3n) is 3.35. The van der Waals surface area contributed by atoms with Crippen LogP contribution in [0.15, 0.2) is 35.2 Å². The zero-order chi connectivity index (χ0) is 12.8. The van der Waals surface area contributed by atoms with Gasteiger partial charge in [0.2, 0.25) is 0 Å². The normalized spacial score (nSPS) is 19.1. The Morgan fingerprint density at radius 1 is 0.889 bits per heavy atom. The molecule has 0 heterocycles. The fourth-order valence-corrected chi connectivity index (χ4v) is 3.49. The van der Waals surface area contributed by atoms with Crippen LogP contribution in [0.4, 0.5) is 0 Å². The molecule has 1 fully saturated rings. The summed E-state index contributed by atoms with van der Waals surface area (Å²) in [5.41, 5.74) is 0. The molecule has 4 heteroatoms. The molecule has 18 heavy (non-hydrogen) atoms. The largest absolute Gasteiger partial charge is 0.297 e. The van der Waals surface area contributed by atoms with E-state index in [2.05, 4.69) is 0 Å². The van der Waals surface area contributed by atoms with Gasteiger partial charge in [0.1, 0.15) is 0 Å². The van der Waals surface area contributed by atoms with Gasteiger partial charge in [-0.2, -0.15) is 8.42 Å². The van der Waals surface area contributed by atoms with Crippen molar-refractivity contribution >= 4 is 10.1 Å². The summed E-state index contributed by atoms with van der Waals surface area (Å²) in [5.74, 6) is 0. The van der Waals surface area contributed by atoms with Crippen LogP contribution >= 0.6 is 0 Å². The molecule has 0 spiro atoms. The number of rotatable bonds is 3. The summed E-state index contributed by atoms with van der Waals surface area (Å²) in [5, 5.41) is 0. The number of hydrogen-bond acceptors (Lipinski definition) is 3. The zero-order valence-electron chi connectivity index (χ0n) is 10.5. The fourth-order valence-electron chi connectivity index (χ4n) is 2.34. The minimum Gasteiger partial charge on any atom is -0.263 e. The second-order valence-corrected chi connectivity index (χ2v) is 6.40. The second-order valence-electron chi connectivity index (χ2n) is 4.83. The molecule has 0 amide bonds. The van der Waals surface area contributed by atoms with Crippen LogP contribution < -0.4 is 0 Å². The van der Waals surface area contributed by atoms with Crippen molar-refractivity contribution in [2.24, 2.45) is 0 Å². The van der Waals surface area contributed by atoms with E-state index in [1.165, 1.54) is 19.3 Å². The highest BCUT2D eigenvalue weighted by Gasteiger charge is 2.21. The van der Waals surface area contributed by atoms with E-state index in [0.29, 0.717) is 0 Å². The maximum absolute atomic E-state index is 12.1. The first-order valence-corrected chi connectivity index (χ1v) is 8.08. The maximum atomic E-state index is 12.1. The molecule has 0 saturated heterocycles. The van der Waals surface area contributed by atoms with Gasteiger partial charge in [-0.25, -0.2) is 0 Å². The molecule has 2 rings (SSSR count). The zero-order valence-corrected chi connectivity index (χ0v) is 11.4. The molecule has 1 aromatic rings. The summed E-state index contributed by atoms with van der Waals surface area (Å²) < 4.78 is 29.5. The van der Waals surface area contributed by atoms with E-state index >= 15 is 0 Å². The van der Waals surface area contributed by atoms with Crippen LogP contribution in [-0.4, -0.2) is 14.5 Å². The summed E-state index contributed by atoms with van der Waals surface area (Å²) in [6, 6.07) is 8.40. The van der Waals surface area contributed by atoms with Crippen molar-refractivity contribution in [1.82, 2.24) is 0 Å². The molecule has 1 aromatic carbocycles. The lowest BCUT2D eigenvalue weighted by Crippen LogP contribution is -2.19. The van der Waals surface area contributed by atoms with E-state index in [9.17, 15) is 8.42 Å². The molecule has 0 bridgehead atoms. The molecule has 1 saturated carbocycles. The van der Waals surface area contributed by atoms with Gasteiger partial charge in [0.05, 0.1) is 11.0 Å². The maximum Gasteiger partial charge on any atom is 0.297 e. The number of hydrogen-bond donors (Lipinski definition) is 0. The molecule has 0 aliphatic heterocycles. The van der Waals surface area contributed by atoms with Gasteiger partial charge in [0.15, 0.2) is 0 Å². The van der Waals surface area contributed by atoms with Crippen molar-refractivity contribution in [3.8, 4) is 0 Å². The summed E-state index contributed by atoms with van der Waals surface area (Å²) in [7, 11) is -3.59. The minimum atomic E-state index is -3.59. The molecule has 0 radical (unpaired) electrons. The third-order valence-corrected chi connectivity index (χ3v) is 4.72. The molecule has 1 aliphatic rings. The van der Waals surface area contributed by atoms with E-state index in [4.69, 9.17) is 4.18 Å². The Balaban J connectivity index is 2.03. The van der Waals surface area contributed by atoms with Crippen molar-refractivity contribution in [1.29, 1.82) is 0 Å². The Morgan fingerprint density at radius 3 is 2.06 bits per heavy atom. The van der Waals surface area contributed by atoms with Crippen LogP contribution in [0.25, 0.3) is 0 Å². The topological polar surface area (TPSA) is 43.4 Å². The monoisotopic (exact) mass is 268 g/mol. The fraction of sp³-hybridized carbons (Fsp3) is 0.571. The Morgan fingerprint density at radius 2 is 1.44 bits per heavy atom. The van der Waals surface area contributed by atoms with Gasteiger partial charge in [-0.3, -0.25) is 4.18 Å². The first-order valence-electron chi connectivity index (χ1n) is 6.67. The first-order chi connectivity index (χ1) is 8.68. The van der Waals surface area contributed by atoms with Crippen LogP contribution in [0.5, 0.6) is 0 Å². The molecule has 0 aromatic heterocycles. The van der Waals surface area contributed by atoms with Gasteiger partial charge in [-0.1, -0.05) is 50.3 Å². The highest BCUT2D eigenvalue weighted by Crippen LogP contribution is 2.23. The van der Waals surface area contributed by atoms with E-state index in [1.54, 1.807) is 30.3 Å². The van der Waals surface area contributed by atoms with Gasteiger partial charge in [0, 0.05) is 0 Å². The van der Waals surface area contributed by atoms with Gasteiger partial charge in [-0.15, -0.1) is 0 Å². The molecule has 1 aliphatic carbocycles. The average molecular weight is 268 g/mol. The van der Waals surface area contributed by atoms with Crippen LogP contribution in [0.1, 0.15) is 44.9 Å². The average Bonchev–Trinajstić information content (AvgIpc) is 2.34. The lowest BCUT2D eigenvalue weighted by molar-refractivity contribution is 0.174. The Labute approximate surface area is 109 Å². The van der Waals surface area contributed by atoms with E-state index < -0.39 is 10.1 Å². The quantitative estimate of drug-likeness (QED) is 0.788. The molecule has 100 valence electrons. The first kappa shape index (κ1) is 13.6. The molecule has 0 N–H and O–H groups in total. The van der Waals surface area contributed by atoms with Gasteiger partial charge in [-0.05, 0) is 25.0 Å². The smallest absolute Gasteiger partial charge is 0.263 e.